The quantitative estimate of drug-likeness (QED) is 0.768. The zero-order valence-corrected chi connectivity index (χ0v) is 18.0. The van der Waals surface area contributed by atoms with E-state index in [4.69, 9.17) is 4.74 Å². The molecule has 0 aromatic carbocycles. The summed E-state index contributed by atoms with van der Waals surface area (Å²) in [6.07, 6.45) is 4.87. The van der Waals surface area contributed by atoms with Crippen LogP contribution in [0.3, 0.4) is 0 Å². The molecule has 0 spiro atoms. The molecule has 1 saturated carbocycles. The Kier molecular flexibility index (Phi) is 6.12. The highest BCUT2D eigenvalue weighted by Gasteiger charge is 2.34. The molecular weight excluding hydrogens is 376 g/mol. The number of esters is 1. The highest BCUT2D eigenvalue weighted by Crippen LogP contribution is 2.37. The van der Waals surface area contributed by atoms with E-state index in [0.717, 1.165) is 43.5 Å². The lowest BCUT2D eigenvalue weighted by Crippen LogP contribution is -2.40. The first-order valence-electron chi connectivity index (χ1n) is 10.0. The van der Waals surface area contributed by atoms with Crippen molar-refractivity contribution in [3.63, 3.8) is 0 Å². The van der Waals surface area contributed by atoms with Crippen molar-refractivity contribution < 1.29 is 19.1 Å². The number of nitrogens with one attached hydrogen (secondary N) is 1. The van der Waals surface area contributed by atoms with E-state index in [9.17, 15) is 14.4 Å². The third kappa shape index (κ3) is 4.40. The van der Waals surface area contributed by atoms with Gasteiger partial charge in [-0.2, -0.15) is 0 Å². The van der Waals surface area contributed by atoms with Crippen LogP contribution in [-0.4, -0.2) is 42.4 Å². The van der Waals surface area contributed by atoms with Gasteiger partial charge in [-0.3, -0.25) is 9.59 Å². The Balaban J connectivity index is 1.65. The van der Waals surface area contributed by atoms with Gasteiger partial charge in [-0.05, 0) is 43.6 Å². The summed E-state index contributed by atoms with van der Waals surface area (Å²) in [7, 11) is 1.35. The lowest BCUT2D eigenvalue weighted by Gasteiger charge is -2.34. The monoisotopic (exact) mass is 406 g/mol. The third-order valence-corrected chi connectivity index (χ3v) is 7.26. The van der Waals surface area contributed by atoms with Crippen molar-refractivity contribution in [2.45, 2.75) is 70.8 Å². The summed E-state index contributed by atoms with van der Waals surface area (Å²) in [5, 5.41) is 2.97. The zero-order chi connectivity index (χ0) is 20.5. The van der Waals surface area contributed by atoms with E-state index in [1.54, 1.807) is 0 Å². The molecule has 1 saturated heterocycles. The van der Waals surface area contributed by atoms with Gasteiger partial charge in [0.2, 0.25) is 11.8 Å². The second kappa shape index (κ2) is 8.23. The van der Waals surface area contributed by atoms with E-state index in [-0.39, 0.29) is 29.2 Å². The highest BCUT2D eigenvalue weighted by molar-refractivity contribution is 7.14. The number of hydrogen-bond acceptors (Lipinski definition) is 5. The van der Waals surface area contributed by atoms with E-state index in [2.05, 4.69) is 26.1 Å². The van der Waals surface area contributed by atoms with Gasteiger partial charge in [0.15, 0.2) is 0 Å². The van der Waals surface area contributed by atoms with E-state index in [1.807, 2.05) is 11.0 Å². The smallest absolute Gasteiger partial charge is 0.350 e. The number of amides is 2. The van der Waals surface area contributed by atoms with Gasteiger partial charge >= 0.3 is 5.97 Å². The molecule has 154 valence electrons. The number of nitrogens with zero attached hydrogens (tertiary/aromatic N) is 1. The molecule has 2 aliphatic rings. The number of likely N-dealkylation sites (tertiary alicyclic amines) is 1. The Bertz CT molecular complexity index is 757. The van der Waals surface area contributed by atoms with Crippen LogP contribution in [0.4, 0.5) is 5.69 Å². The first-order valence-corrected chi connectivity index (χ1v) is 10.9. The molecule has 0 bridgehead atoms. The number of ether oxygens (including phenoxy) is 1. The molecular formula is C21H30N2O4S. The lowest BCUT2D eigenvalue weighted by molar-refractivity contribution is -0.130. The molecule has 1 aliphatic heterocycles. The Labute approximate surface area is 170 Å². The summed E-state index contributed by atoms with van der Waals surface area (Å²) in [5.41, 5.74) is 0.431. The van der Waals surface area contributed by atoms with Crippen LogP contribution in [0.15, 0.2) is 6.07 Å². The normalized spacial score (nSPS) is 23.0. The molecule has 28 heavy (non-hydrogen) atoms. The molecule has 0 unspecified atom stereocenters. The summed E-state index contributed by atoms with van der Waals surface area (Å²) in [5.74, 6) is -0.303. The second-order valence-electron chi connectivity index (χ2n) is 8.78. The van der Waals surface area contributed by atoms with Crippen molar-refractivity contribution in [1.82, 2.24) is 4.90 Å². The van der Waals surface area contributed by atoms with E-state index < -0.39 is 5.97 Å². The Hall–Kier alpha value is -1.89. The number of anilines is 1. The molecule has 2 fully saturated rings. The highest BCUT2D eigenvalue weighted by atomic mass is 32.1. The molecule has 1 aromatic heterocycles. The fourth-order valence-electron chi connectivity index (χ4n) is 4.04. The maximum atomic E-state index is 12.8. The molecule has 1 N–H and O–H groups in total. The van der Waals surface area contributed by atoms with Crippen molar-refractivity contribution >= 4 is 34.8 Å². The molecule has 1 aliphatic carbocycles. The molecule has 2 heterocycles. The van der Waals surface area contributed by atoms with Gasteiger partial charge in [-0.15, -0.1) is 11.3 Å². The molecule has 0 atom stereocenters. The minimum Gasteiger partial charge on any atom is -0.465 e. The number of methoxy groups -OCH3 is 1. The number of carbonyl (C=O) groups excluding carboxylic acids is 3. The minimum absolute atomic E-state index is 0.0467. The van der Waals surface area contributed by atoms with Gasteiger partial charge in [-0.25, -0.2) is 4.79 Å². The topological polar surface area (TPSA) is 75.7 Å². The average molecular weight is 407 g/mol. The van der Waals surface area contributed by atoms with Crippen LogP contribution < -0.4 is 5.32 Å². The first kappa shape index (κ1) is 20.8. The SMILES string of the molecule is COC(=O)c1sc(C(C)(C)C)cc1NC(=O)C1CCC(N2CCCC2=O)CC1. The molecule has 0 radical (unpaired) electrons. The van der Waals surface area contributed by atoms with Crippen LogP contribution in [0.25, 0.3) is 0 Å². The predicted octanol–water partition coefficient (Wildman–Crippen LogP) is 3.95. The summed E-state index contributed by atoms with van der Waals surface area (Å²) in [4.78, 5) is 40.4. The maximum absolute atomic E-state index is 12.8. The summed E-state index contributed by atoms with van der Waals surface area (Å²) >= 11 is 1.37. The third-order valence-electron chi connectivity index (χ3n) is 5.72. The zero-order valence-electron chi connectivity index (χ0n) is 17.2. The van der Waals surface area contributed by atoms with Crippen LogP contribution in [0.1, 0.15) is 73.8 Å². The van der Waals surface area contributed by atoms with Crippen molar-refractivity contribution in [2.24, 2.45) is 5.92 Å². The Morgan fingerprint density at radius 1 is 1.21 bits per heavy atom. The van der Waals surface area contributed by atoms with Gasteiger partial charge in [0.1, 0.15) is 4.88 Å². The van der Waals surface area contributed by atoms with Crippen molar-refractivity contribution in [1.29, 1.82) is 0 Å². The van der Waals surface area contributed by atoms with Gasteiger partial charge in [0.05, 0.1) is 12.8 Å². The Morgan fingerprint density at radius 2 is 1.89 bits per heavy atom. The number of hydrogen-bond donors (Lipinski definition) is 1. The van der Waals surface area contributed by atoms with Crippen LogP contribution in [-0.2, 0) is 19.7 Å². The van der Waals surface area contributed by atoms with Crippen LogP contribution in [0.5, 0.6) is 0 Å². The molecule has 2 amide bonds. The van der Waals surface area contributed by atoms with Gasteiger partial charge in [-0.1, -0.05) is 20.8 Å². The standard InChI is InChI=1S/C21H30N2O4S/c1-21(2,3)16-12-15(18(28-16)20(26)27-4)22-19(25)13-7-9-14(10-8-13)23-11-5-6-17(23)24/h12-14H,5-11H2,1-4H3,(H,22,25). The molecule has 1 aromatic rings. The fraction of sp³-hybridized carbons (Fsp3) is 0.667. The van der Waals surface area contributed by atoms with Gasteiger partial charge in [0, 0.05) is 29.8 Å². The second-order valence-corrected chi connectivity index (χ2v) is 9.83. The lowest BCUT2D eigenvalue weighted by atomic mass is 9.84. The molecule has 7 heteroatoms. The number of rotatable bonds is 4. The molecule has 6 nitrogen and oxygen atoms in total. The predicted molar refractivity (Wildman–Crippen MR) is 110 cm³/mol. The van der Waals surface area contributed by atoms with Gasteiger partial charge < -0.3 is 15.0 Å². The van der Waals surface area contributed by atoms with E-state index in [0.29, 0.717) is 17.0 Å². The summed E-state index contributed by atoms with van der Waals surface area (Å²) < 4.78 is 4.89. The first-order chi connectivity index (χ1) is 13.2. The van der Waals surface area contributed by atoms with Crippen molar-refractivity contribution in [2.75, 3.05) is 19.0 Å². The van der Waals surface area contributed by atoms with Crippen molar-refractivity contribution in [3.8, 4) is 0 Å². The van der Waals surface area contributed by atoms with E-state index in [1.165, 1.54) is 18.4 Å². The van der Waals surface area contributed by atoms with Crippen LogP contribution >= 0.6 is 11.3 Å². The average Bonchev–Trinajstić information content (AvgIpc) is 3.27. The largest absolute Gasteiger partial charge is 0.465 e. The summed E-state index contributed by atoms with van der Waals surface area (Å²) in [6.45, 7) is 7.08. The van der Waals surface area contributed by atoms with Crippen molar-refractivity contribution in [3.05, 3.63) is 15.8 Å². The minimum atomic E-state index is -0.424. The fourth-order valence-corrected chi connectivity index (χ4v) is 5.13. The number of thiophene rings is 1. The summed E-state index contributed by atoms with van der Waals surface area (Å²) in [6, 6.07) is 2.17. The maximum Gasteiger partial charge on any atom is 0.350 e. The van der Waals surface area contributed by atoms with E-state index >= 15 is 0 Å². The van der Waals surface area contributed by atoms with Crippen LogP contribution in [0.2, 0.25) is 0 Å². The number of carbonyl (C=O) groups is 3. The van der Waals surface area contributed by atoms with Crippen LogP contribution in [0, 0.1) is 5.92 Å². The molecule has 3 rings (SSSR count). The Morgan fingerprint density at radius 3 is 2.43 bits per heavy atom. The van der Waals surface area contributed by atoms with Gasteiger partial charge in [0.25, 0.3) is 0 Å².